The third-order valence-electron chi connectivity index (χ3n) is 4.27. The fraction of sp³-hybridized carbons (Fsp3) is 0.444. The molecule has 25 heavy (non-hydrogen) atoms. The Morgan fingerprint density at radius 3 is 2.72 bits per heavy atom. The first-order valence-electron chi connectivity index (χ1n) is 8.34. The van der Waals surface area contributed by atoms with Gasteiger partial charge in [0.05, 0.1) is 17.3 Å². The Kier molecular flexibility index (Phi) is 6.00. The SMILES string of the molecule is CC1CC(C)CN(CC(=O)Nc2nc(-c3ccc(Cl)cc3Cl)cs2)C1. The molecule has 7 heteroatoms. The molecule has 3 rings (SSSR count). The van der Waals surface area contributed by atoms with E-state index in [1.54, 1.807) is 12.1 Å². The summed E-state index contributed by atoms with van der Waals surface area (Å²) in [6, 6.07) is 5.30. The van der Waals surface area contributed by atoms with Gasteiger partial charge in [-0.25, -0.2) is 4.98 Å². The molecule has 2 heterocycles. The molecular weight excluding hydrogens is 377 g/mol. The molecule has 1 saturated heterocycles. The molecular formula is C18H21Cl2N3OS. The van der Waals surface area contributed by atoms with Crippen LogP contribution >= 0.6 is 34.5 Å². The second kappa shape index (κ2) is 8.04. The zero-order chi connectivity index (χ0) is 18.0. The summed E-state index contributed by atoms with van der Waals surface area (Å²) in [5, 5.41) is 6.50. The molecule has 1 aromatic heterocycles. The lowest BCUT2D eigenvalue weighted by Gasteiger charge is -2.34. The molecule has 1 aliphatic heterocycles. The van der Waals surface area contributed by atoms with E-state index in [1.807, 2.05) is 11.4 Å². The quantitative estimate of drug-likeness (QED) is 0.786. The van der Waals surface area contributed by atoms with Crippen molar-refractivity contribution in [2.24, 2.45) is 11.8 Å². The van der Waals surface area contributed by atoms with Gasteiger partial charge in [-0.1, -0.05) is 37.0 Å². The molecule has 2 atom stereocenters. The third-order valence-corrected chi connectivity index (χ3v) is 5.57. The number of thiazole rings is 1. The van der Waals surface area contributed by atoms with E-state index in [2.05, 4.69) is 29.0 Å². The van der Waals surface area contributed by atoms with Gasteiger partial charge in [-0.3, -0.25) is 9.69 Å². The highest BCUT2D eigenvalue weighted by Gasteiger charge is 2.23. The van der Waals surface area contributed by atoms with Crippen LogP contribution in [0.25, 0.3) is 11.3 Å². The number of rotatable bonds is 4. The Morgan fingerprint density at radius 2 is 2.04 bits per heavy atom. The smallest absolute Gasteiger partial charge is 0.240 e. The summed E-state index contributed by atoms with van der Waals surface area (Å²) in [5.74, 6) is 1.24. The Hall–Kier alpha value is -1.14. The maximum absolute atomic E-state index is 12.3. The van der Waals surface area contributed by atoms with E-state index in [0.29, 0.717) is 33.6 Å². The summed E-state index contributed by atoms with van der Waals surface area (Å²) in [7, 11) is 0. The van der Waals surface area contributed by atoms with Crippen LogP contribution in [-0.4, -0.2) is 35.4 Å². The van der Waals surface area contributed by atoms with Gasteiger partial charge in [0.25, 0.3) is 0 Å². The van der Waals surface area contributed by atoms with E-state index >= 15 is 0 Å². The summed E-state index contributed by atoms with van der Waals surface area (Å²) in [5.41, 5.74) is 1.55. The van der Waals surface area contributed by atoms with E-state index in [0.717, 1.165) is 24.3 Å². The van der Waals surface area contributed by atoms with Crippen molar-refractivity contribution in [3.8, 4) is 11.3 Å². The van der Waals surface area contributed by atoms with Gasteiger partial charge in [0.15, 0.2) is 5.13 Å². The number of piperidine rings is 1. The summed E-state index contributed by atoms with van der Waals surface area (Å²) in [6.07, 6.45) is 1.23. The van der Waals surface area contributed by atoms with Gasteiger partial charge >= 0.3 is 0 Å². The Bertz CT molecular complexity index is 755. The number of halogens is 2. The van der Waals surface area contributed by atoms with E-state index < -0.39 is 0 Å². The van der Waals surface area contributed by atoms with Gasteiger partial charge in [-0.2, -0.15) is 0 Å². The van der Waals surface area contributed by atoms with Crippen molar-refractivity contribution in [2.75, 3.05) is 25.0 Å². The van der Waals surface area contributed by atoms with Crippen molar-refractivity contribution < 1.29 is 4.79 Å². The molecule has 1 N–H and O–H groups in total. The molecule has 2 unspecified atom stereocenters. The van der Waals surface area contributed by atoms with E-state index in [1.165, 1.54) is 17.8 Å². The minimum absolute atomic E-state index is 0.0237. The van der Waals surface area contributed by atoms with Crippen molar-refractivity contribution in [1.82, 2.24) is 9.88 Å². The van der Waals surface area contributed by atoms with Crippen molar-refractivity contribution in [2.45, 2.75) is 20.3 Å². The topological polar surface area (TPSA) is 45.2 Å². The average Bonchev–Trinajstić information content (AvgIpc) is 2.93. The number of hydrogen-bond donors (Lipinski definition) is 1. The van der Waals surface area contributed by atoms with Crippen LogP contribution in [0.15, 0.2) is 23.6 Å². The zero-order valence-corrected chi connectivity index (χ0v) is 16.6. The molecule has 2 aromatic rings. The zero-order valence-electron chi connectivity index (χ0n) is 14.3. The fourth-order valence-electron chi connectivity index (χ4n) is 3.44. The highest BCUT2D eigenvalue weighted by molar-refractivity contribution is 7.14. The largest absolute Gasteiger partial charge is 0.301 e. The number of amides is 1. The summed E-state index contributed by atoms with van der Waals surface area (Å²) < 4.78 is 0. The summed E-state index contributed by atoms with van der Waals surface area (Å²) in [4.78, 5) is 19.0. The molecule has 0 saturated carbocycles. The highest BCUT2D eigenvalue weighted by atomic mass is 35.5. The van der Waals surface area contributed by atoms with Crippen LogP contribution < -0.4 is 5.32 Å². The van der Waals surface area contributed by atoms with E-state index in [4.69, 9.17) is 23.2 Å². The van der Waals surface area contributed by atoms with Gasteiger partial charge in [-0.05, 0) is 36.5 Å². The maximum atomic E-state index is 12.3. The van der Waals surface area contributed by atoms with Crippen LogP contribution in [0.4, 0.5) is 5.13 Å². The summed E-state index contributed by atoms with van der Waals surface area (Å²) in [6.45, 7) is 6.83. The maximum Gasteiger partial charge on any atom is 0.240 e. The van der Waals surface area contributed by atoms with E-state index in [-0.39, 0.29) is 5.91 Å². The van der Waals surface area contributed by atoms with Gasteiger partial charge in [0, 0.05) is 29.1 Å². The van der Waals surface area contributed by atoms with Gasteiger partial charge in [0.2, 0.25) is 5.91 Å². The van der Waals surface area contributed by atoms with Crippen LogP contribution in [0.1, 0.15) is 20.3 Å². The summed E-state index contributed by atoms with van der Waals surface area (Å²) >= 11 is 13.5. The van der Waals surface area contributed by atoms with Crippen LogP contribution in [0, 0.1) is 11.8 Å². The molecule has 0 radical (unpaired) electrons. The number of carbonyl (C=O) groups excluding carboxylic acids is 1. The predicted octanol–water partition coefficient (Wildman–Crippen LogP) is 5.03. The molecule has 1 aromatic carbocycles. The lowest BCUT2D eigenvalue weighted by molar-refractivity contribution is -0.117. The number of carbonyl (C=O) groups is 1. The van der Waals surface area contributed by atoms with Gasteiger partial charge in [-0.15, -0.1) is 11.3 Å². The van der Waals surface area contributed by atoms with Gasteiger partial charge < -0.3 is 5.32 Å². The minimum Gasteiger partial charge on any atom is -0.301 e. The number of hydrogen-bond acceptors (Lipinski definition) is 4. The number of likely N-dealkylation sites (tertiary alicyclic amines) is 1. The predicted molar refractivity (Wildman–Crippen MR) is 106 cm³/mol. The van der Waals surface area contributed by atoms with Crippen LogP contribution in [0.5, 0.6) is 0 Å². The van der Waals surface area contributed by atoms with Crippen molar-refractivity contribution >= 4 is 45.6 Å². The lowest BCUT2D eigenvalue weighted by atomic mass is 9.92. The normalized spacial score (nSPS) is 21.3. The van der Waals surface area contributed by atoms with Crippen molar-refractivity contribution in [1.29, 1.82) is 0 Å². The Morgan fingerprint density at radius 1 is 1.32 bits per heavy atom. The molecule has 134 valence electrons. The number of benzene rings is 1. The first-order chi connectivity index (χ1) is 11.9. The molecule has 0 spiro atoms. The monoisotopic (exact) mass is 397 g/mol. The Balaban J connectivity index is 1.62. The second-order valence-corrected chi connectivity index (χ2v) is 8.55. The number of aromatic nitrogens is 1. The molecule has 4 nitrogen and oxygen atoms in total. The highest BCUT2D eigenvalue weighted by Crippen LogP contribution is 2.32. The molecule has 0 bridgehead atoms. The first-order valence-corrected chi connectivity index (χ1v) is 9.97. The molecule has 1 fully saturated rings. The lowest BCUT2D eigenvalue weighted by Crippen LogP contribution is -2.42. The standard InChI is InChI=1S/C18H21Cl2N3OS/c1-11-5-12(2)8-23(7-11)9-17(24)22-18-21-16(10-25-18)14-4-3-13(19)6-15(14)20/h3-4,6,10-12H,5,7-9H2,1-2H3,(H,21,22,24). The molecule has 0 aliphatic carbocycles. The van der Waals surface area contributed by atoms with Gasteiger partial charge in [0.1, 0.15) is 0 Å². The minimum atomic E-state index is -0.0237. The number of nitrogens with one attached hydrogen (secondary N) is 1. The van der Waals surface area contributed by atoms with Crippen LogP contribution in [-0.2, 0) is 4.79 Å². The average molecular weight is 398 g/mol. The Labute approximate surface area is 162 Å². The van der Waals surface area contributed by atoms with Crippen molar-refractivity contribution in [3.63, 3.8) is 0 Å². The molecule has 1 amide bonds. The number of anilines is 1. The second-order valence-electron chi connectivity index (χ2n) is 6.85. The van der Waals surface area contributed by atoms with Crippen LogP contribution in [0.2, 0.25) is 10.0 Å². The fourth-order valence-corrected chi connectivity index (χ4v) is 4.67. The third kappa shape index (κ3) is 4.94. The first kappa shape index (κ1) is 18.6. The van der Waals surface area contributed by atoms with Crippen molar-refractivity contribution in [3.05, 3.63) is 33.6 Å². The van der Waals surface area contributed by atoms with E-state index in [9.17, 15) is 4.79 Å². The molecule has 1 aliphatic rings. The van der Waals surface area contributed by atoms with Crippen LogP contribution in [0.3, 0.4) is 0 Å². The number of nitrogens with zero attached hydrogens (tertiary/aromatic N) is 2.